The van der Waals surface area contributed by atoms with E-state index in [4.69, 9.17) is 9.47 Å². The topological polar surface area (TPSA) is 59.8 Å². The lowest BCUT2D eigenvalue weighted by Crippen LogP contribution is -2.59. The van der Waals surface area contributed by atoms with E-state index in [0.717, 1.165) is 25.5 Å². The number of amides is 1. The molecule has 1 atom stereocenters. The number of ether oxygens (including phenoxy) is 2. The summed E-state index contributed by atoms with van der Waals surface area (Å²) in [5.74, 6) is 1.12. The van der Waals surface area contributed by atoms with Gasteiger partial charge in [0.1, 0.15) is 11.4 Å². The number of morpholine rings is 1. The molecule has 2 aliphatic rings. The molecule has 0 saturated carbocycles. The summed E-state index contributed by atoms with van der Waals surface area (Å²) in [5.41, 5.74) is -0.425. The maximum atomic E-state index is 11.7. The van der Waals surface area contributed by atoms with Crippen LogP contribution in [-0.4, -0.2) is 76.9 Å². The largest absolute Gasteiger partial charge is 0.376 e. The van der Waals surface area contributed by atoms with Gasteiger partial charge in [-0.25, -0.2) is 4.98 Å². The zero-order chi connectivity index (χ0) is 15.6. The Kier molecular flexibility index (Phi) is 4.46. The van der Waals surface area contributed by atoms with E-state index in [2.05, 4.69) is 9.88 Å². The summed E-state index contributed by atoms with van der Waals surface area (Å²) in [6, 6.07) is 0. The summed E-state index contributed by atoms with van der Waals surface area (Å²) in [6.07, 6.45) is 3.77. The molecular formula is C15H24N4O3. The molecule has 2 fully saturated rings. The molecule has 22 heavy (non-hydrogen) atoms. The first kappa shape index (κ1) is 15.5. The van der Waals surface area contributed by atoms with Crippen LogP contribution in [0.5, 0.6) is 0 Å². The average molecular weight is 308 g/mol. The Hall–Kier alpha value is -1.44. The summed E-state index contributed by atoms with van der Waals surface area (Å²) in [7, 11) is 2.00. The third-order valence-electron chi connectivity index (χ3n) is 4.41. The van der Waals surface area contributed by atoms with Gasteiger partial charge in [0.05, 0.1) is 32.9 Å². The third kappa shape index (κ3) is 3.31. The van der Waals surface area contributed by atoms with Crippen LogP contribution in [0.3, 0.4) is 0 Å². The Morgan fingerprint density at radius 1 is 1.36 bits per heavy atom. The van der Waals surface area contributed by atoms with Gasteiger partial charge >= 0.3 is 0 Å². The van der Waals surface area contributed by atoms with Crippen molar-refractivity contribution >= 4 is 5.91 Å². The van der Waals surface area contributed by atoms with Gasteiger partial charge in [0, 0.05) is 46.0 Å². The van der Waals surface area contributed by atoms with E-state index in [0.29, 0.717) is 32.9 Å². The second-order valence-corrected chi connectivity index (χ2v) is 6.19. The van der Waals surface area contributed by atoms with E-state index < -0.39 is 5.60 Å². The fourth-order valence-electron chi connectivity index (χ4n) is 3.16. The van der Waals surface area contributed by atoms with Gasteiger partial charge in [-0.15, -0.1) is 0 Å². The lowest BCUT2D eigenvalue weighted by atomic mass is 10.0. The van der Waals surface area contributed by atoms with Crippen molar-refractivity contribution < 1.29 is 14.3 Å². The number of hydrogen-bond acceptors (Lipinski definition) is 5. The average Bonchev–Trinajstić information content (AvgIpc) is 2.77. The number of carbonyl (C=O) groups excluding carboxylic acids is 1. The van der Waals surface area contributed by atoms with Gasteiger partial charge < -0.3 is 18.9 Å². The number of imidazole rings is 1. The van der Waals surface area contributed by atoms with Gasteiger partial charge in [0.15, 0.2) is 0 Å². The smallest absolute Gasteiger partial charge is 0.219 e. The zero-order valence-corrected chi connectivity index (χ0v) is 13.3. The molecule has 1 aromatic heterocycles. The van der Waals surface area contributed by atoms with Gasteiger partial charge in [-0.1, -0.05) is 0 Å². The standard InChI is InChI=1S/C15H24N4O3/c1-13(20)19-6-7-21-12-15(11-19)10-18(5-8-22-15)9-14-16-3-4-17(14)2/h3-4H,5-12H2,1-2H3. The fraction of sp³-hybridized carbons (Fsp3) is 0.733. The Labute approximate surface area is 130 Å². The van der Waals surface area contributed by atoms with E-state index in [-0.39, 0.29) is 5.91 Å². The minimum absolute atomic E-state index is 0.0784. The monoisotopic (exact) mass is 308 g/mol. The van der Waals surface area contributed by atoms with E-state index in [1.807, 2.05) is 28.9 Å². The van der Waals surface area contributed by atoms with Crippen molar-refractivity contribution in [3.8, 4) is 0 Å². The highest BCUT2D eigenvalue weighted by Crippen LogP contribution is 2.23. The van der Waals surface area contributed by atoms with Crippen molar-refractivity contribution in [1.82, 2.24) is 19.4 Å². The lowest BCUT2D eigenvalue weighted by molar-refractivity contribution is -0.151. The summed E-state index contributed by atoms with van der Waals surface area (Å²) in [6.45, 7) is 7.01. The second-order valence-electron chi connectivity index (χ2n) is 6.19. The maximum Gasteiger partial charge on any atom is 0.219 e. The van der Waals surface area contributed by atoms with Crippen LogP contribution in [0.1, 0.15) is 12.7 Å². The van der Waals surface area contributed by atoms with Crippen molar-refractivity contribution in [3.63, 3.8) is 0 Å². The van der Waals surface area contributed by atoms with Crippen LogP contribution >= 0.6 is 0 Å². The molecule has 3 rings (SSSR count). The molecule has 0 radical (unpaired) electrons. The number of carbonyl (C=O) groups is 1. The number of aryl methyl sites for hydroxylation is 1. The van der Waals surface area contributed by atoms with Crippen molar-refractivity contribution in [2.24, 2.45) is 7.05 Å². The van der Waals surface area contributed by atoms with Gasteiger partial charge in [-0.05, 0) is 0 Å². The van der Waals surface area contributed by atoms with E-state index >= 15 is 0 Å². The van der Waals surface area contributed by atoms with Crippen molar-refractivity contribution in [2.45, 2.75) is 19.1 Å². The molecular weight excluding hydrogens is 284 g/mol. The Bertz CT molecular complexity index is 533. The molecule has 0 aliphatic carbocycles. The van der Waals surface area contributed by atoms with Gasteiger partial charge in [0.2, 0.25) is 5.91 Å². The molecule has 1 spiro atoms. The molecule has 122 valence electrons. The summed E-state index contributed by atoms with van der Waals surface area (Å²) >= 11 is 0. The highest BCUT2D eigenvalue weighted by molar-refractivity contribution is 5.73. The molecule has 7 nitrogen and oxygen atoms in total. The normalized spacial score (nSPS) is 27.1. The molecule has 0 bridgehead atoms. The molecule has 2 aliphatic heterocycles. The number of rotatable bonds is 2. The number of nitrogens with zero attached hydrogens (tertiary/aromatic N) is 4. The highest BCUT2D eigenvalue weighted by atomic mass is 16.5. The van der Waals surface area contributed by atoms with Crippen LogP contribution in [0.4, 0.5) is 0 Å². The van der Waals surface area contributed by atoms with Crippen molar-refractivity contribution in [1.29, 1.82) is 0 Å². The summed E-state index contributed by atoms with van der Waals surface area (Å²) in [4.78, 5) is 20.3. The predicted molar refractivity (Wildman–Crippen MR) is 80.2 cm³/mol. The van der Waals surface area contributed by atoms with Crippen LogP contribution in [0, 0.1) is 0 Å². The van der Waals surface area contributed by atoms with Crippen molar-refractivity contribution in [2.75, 3.05) is 46.0 Å². The van der Waals surface area contributed by atoms with Crippen LogP contribution in [0.15, 0.2) is 12.4 Å². The molecule has 1 amide bonds. The molecule has 0 aromatic carbocycles. The zero-order valence-electron chi connectivity index (χ0n) is 13.3. The maximum absolute atomic E-state index is 11.7. The molecule has 1 aromatic rings. The summed E-state index contributed by atoms with van der Waals surface area (Å²) in [5, 5.41) is 0. The Morgan fingerprint density at radius 3 is 2.95 bits per heavy atom. The van der Waals surface area contributed by atoms with Crippen LogP contribution in [0.2, 0.25) is 0 Å². The van der Waals surface area contributed by atoms with E-state index in [9.17, 15) is 4.79 Å². The Morgan fingerprint density at radius 2 is 2.23 bits per heavy atom. The molecule has 7 heteroatoms. The van der Waals surface area contributed by atoms with Gasteiger partial charge in [0.25, 0.3) is 0 Å². The predicted octanol–water partition coefficient (Wildman–Crippen LogP) is -0.130. The summed E-state index contributed by atoms with van der Waals surface area (Å²) < 4.78 is 13.8. The number of aromatic nitrogens is 2. The van der Waals surface area contributed by atoms with Gasteiger partial charge in [-0.3, -0.25) is 9.69 Å². The third-order valence-corrected chi connectivity index (χ3v) is 4.41. The van der Waals surface area contributed by atoms with Gasteiger partial charge in [-0.2, -0.15) is 0 Å². The van der Waals surface area contributed by atoms with Crippen molar-refractivity contribution in [3.05, 3.63) is 18.2 Å². The fourth-order valence-corrected chi connectivity index (χ4v) is 3.16. The molecule has 1 unspecified atom stereocenters. The Balaban J connectivity index is 1.70. The molecule has 2 saturated heterocycles. The molecule has 3 heterocycles. The number of hydrogen-bond donors (Lipinski definition) is 0. The van der Waals surface area contributed by atoms with Crippen LogP contribution in [-0.2, 0) is 27.9 Å². The first-order valence-electron chi connectivity index (χ1n) is 7.74. The first-order valence-corrected chi connectivity index (χ1v) is 7.74. The lowest BCUT2D eigenvalue weighted by Gasteiger charge is -2.43. The molecule has 0 N–H and O–H groups in total. The van der Waals surface area contributed by atoms with Crippen LogP contribution < -0.4 is 0 Å². The minimum Gasteiger partial charge on any atom is -0.376 e. The van der Waals surface area contributed by atoms with E-state index in [1.165, 1.54) is 0 Å². The second kappa shape index (κ2) is 6.36. The van der Waals surface area contributed by atoms with Crippen LogP contribution in [0.25, 0.3) is 0 Å². The highest BCUT2D eigenvalue weighted by Gasteiger charge is 2.41. The quantitative estimate of drug-likeness (QED) is 0.762. The SMILES string of the molecule is CC(=O)N1CCOCC2(CN(Cc3nccn3C)CCO2)C1. The van der Waals surface area contributed by atoms with E-state index in [1.54, 1.807) is 6.92 Å². The first-order chi connectivity index (χ1) is 10.6. The minimum atomic E-state index is -0.425.